The Labute approximate surface area is 125 Å². The highest BCUT2D eigenvalue weighted by molar-refractivity contribution is 7.21. The second kappa shape index (κ2) is 5.13. The van der Waals surface area contributed by atoms with Crippen molar-refractivity contribution in [3.63, 3.8) is 0 Å². The molecule has 0 unspecified atom stereocenters. The number of nitrogen functional groups attached to an aromatic ring is 1. The Morgan fingerprint density at radius 2 is 2.33 bits per heavy atom. The molecule has 3 heterocycles. The highest BCUT2D eigenvalue weighted by Crippen LogP contribution is 2.32. The molecule has 3 aromatic rings. The molecule has 0 atom stereocenters. The molecule has 108 valence electrons. The summed E-state index contributed by atoms with van der Waals surface area (Å²) in [5.41, 5.74) is 7.49. The minimum absolute atomic E-state index is 0.126. The van der Waals surface area contributed by atoms with Crippen LogP contribution in [-0.4, -0.2) is 37.8 Å². The summed E-state index contributed by atoms with van der Waals surface area (Å²) in [4.78, 5) is 15.3. The van der Waals surface area contributed by atoms with Crippen molar-refractivity contribution < 1.29 is 4.79 Å². The number of hydrogen-bond donors (Lipinski definition) is 1. The minimum atomic E-state index is -0.126. The van der Waals surface area contributed by atoms with Crippen LogP contribution in [-0.2, 0) is 13.6 Å². The van der Waals surface area contributed by atoms with Crippen molar-refractivity contribution in [1.82, 2.24) is 24.9 Å². The van der Waals surface area contributed by atoms with Crippen molar-refractivity contribution >= 4 is 33.1 Å². The monoisotopic (exact) mass is 302 g/mol. The molecule has 0 aromatic carbocycles. The normalized spacial score (nSPS) is 11.0. The lowest BCUT2D eigenvalue weighted by Crippen LogP contribution is -2.25. The summed E-state index contributed by atoms with van der Waals surface area (Å²) < 4.78 is 1.71. The Kier molecular flexibility index (Phi) is 3.30. The molecule has 21 heavy (non-hydrogen) atoms. The van der Waals surface area contributed by atoms with Crippen LogP contribution >= 0.6 is 11.3 Å². The summed E-state index contributed by atoms with van der Waals surface area (Å²) in [5, 5.41) is 12.7. The van der Waals surface area contributed by atoms with E-state index in [0.717, 1.165) is 10.9 Å². The van der Waals surface area contributed by atoms with E-state index in [9.17, 15) is 4.79 Å². The van der Waals surface area contributed by atoms with E-state index < -0.39 is 0 Å². The number of rotatable bonds is 3. The number of anilines is 1. The van der Waals surface area contributed by atoms with Gasteiger partial charge in [0, 0.05) is 37.8 Å². The molecule has 7 nitrogen and oxygen atoms in total. The van der Waals surface area contributed by atoms with Gasteiger partial charge in [0.05, 0.1) is 18.1 Å². The van der Waals surface area contributed by atoms with Gasteiger partial charge in [0.25, 0.3) is 5.91 Å². The van der Waals surface area contributed by atoms with E-state index in [2.05, 4.69) is 15.3 Å². The topological polar surface area (TPSA) is 89.9 Å². The van der Waals surface area contributed by atoms with E-state index in [4.69, 9.17) is 5.73 Å². The zero-order chi connectivity index (χ0) is 15.0. The van der Waals surface area contributed by atoms with Crippen LogP contribution in [0.1, 0.15) is 15.2 Å². The molecule has 3 rings (SSSR count). The summed E-state index contributed by atoms with van der Waals surface area (Å²) in [6, 6.07) is 1.77. The molecule has 0 radical (unpaired) electrons. The summed E-state index contributed by atoms with van der Waals surface area (Å²) in [6.07, 6.45) is 5.19. The predicted molar refractivity (Wildman–Crippen MR) is 80.8 cm³/mol. The minimum Gasteiger partial charge on any atom is -0.397 e. The first-order chi connectivity index (χ1) is 10.1. The maximum Gasteiger partial charge on any atom is 0.266 e. The Balaban J connectivity index is 1.87. The van der Waals surface area contributed by atoms with Crippen molar-refractivity contribution in [2.45, 2.75) is 6.54 Å². The van der Waals surface area contributed by atoms with E-state index in [1.165, 1.54) is 11.3 Å². The number of carbonyl (C=O) groups is 1. The van der Waals surface area contributed by atoms with Gasteiger partial charge in [0.15, 0.2) is 0 Å². The van der Waals surface area contributed by atoms with Gasteiger partial charge in [0.2, 0.25) is 0 Å². The number of aromatic nitrogens is 4. The van der Waals surface area contributed by atoms with Crippen molar-refractivity contribution in [2.24, 2.45) is 7.05 Å². The van der Waals surface area contributed by atoms with E-state index in [1.807, 2.05) is 13.2 Å². The molecule has 0 fully saturated rings. The summed E-state index contributed by atoms with van der Waals surface area (Å²) in [7, 11) is 3.58. The first kappa shape index (κ1) is 13.5. The van der Waals surface area contributed by atoms with Crippen LogP contribution in [0.25, 0.3) is 10.2 Å². The Morgan fingerprint density at radius 3 is 3.00 bits per heavy atom. The first-order valence-corrected chi connectivity index (χ1v) is 7.10. The van der Waals surface area contributed by atoms with E-state index in [-0.39, 0.29) is 5.91 Å². The lowest BCUT2D eigenvalue weighted by atomic mass is 10.2. The Hall–Kier alpha value is -2.48. The van der Waals surface area contributed by atoms with Gasteiger partial charge in [-0.3, -0.25) is 9.48 Å². The van der Waals surface area contributed by atoms with Crippen molar-refractivity contribution in [3.8, 4) is 0 Å². The highest BCUT2D eigenvalue weighted by Gasteiger charge is 2.20. The van der Waals surface area contributed by atoms with Crippen LogP contribution in [0.2, 0.25) is 0 Å². The number of aryl methyl sites for hydroxylation is 1. The maximum atomic E-state index is 12.5. The van der Waals surface area contributed by atoms with Crippen molar-refractivity contribution in [3.05, 3.63) is 35.1 Å². The maximum absolute atomic E-state index is 12.5. The van der Waals surface area contributed by atoms with Crippen LogP contribution in [0.5, 0.6) is 0 Å². The van der Waals surface area contributed by atoms with Crippen LogP contribution in [0.3, 0.4) is 0 Å². The Morgan fingerprint density at radius 1 is 1.52 bits per heavy atom. The van der Waals surface area contributed by atoms with Gasteiger partial charge >= 0.3 is 0 Å². The number of nitrogens with zero attached hydrogens (tertiary/aromatic N) is 5. The molecule has 0 aliphatic heterocycles. The van der Waals surface area contributed by atoms with Gasteiger partial charge in [-0.1, -0.05) is 0 Å². The van der Waals surface area contributed by atoms with Crippen LogP contribution < -0.4 is 5.73 Å². The number of hydrogen-bond acceptors (Lipinski definition) is 6. The van der Waals surface area contributed by atoms with Gasteiger partial charge in [-0.05, 0) is 6.07 Å². The largest absolute Gasteiger partial charge is 0.397 e. The van der Waals surface area contributed by atoms with Gasteiger partial charge in [0.1, 0.15) is 9.71 Å². The number of nitrogens with two attached hydrogens (primary N) is 1. The second-order valence-corrected chi connectivity index (χ2v) is 5.78. The lowest BCUT2D eigenvalue weighted by molar-refractivity contribution is 0.0791. The molecule has 0 saturated carbocycles. The van der Waals surface area contributed by atoms with Crippen LogP contribution in [0.15, 0.2) is 24.7 Å². The van der Waals surface area contributed by atoms with E-state index in [0.29, 0.717) is 21.9 Å². The molecule has 8 heteroatoms. The average Bonchev–Trinajstić information content (AvgIpc) is 3.03. The van der Waals surface area contributed by atoms with Gasteiger partial charge in [-0.15, -0.1) is 16.4 Å². The van der Waals surface area contributed by atoms with Gasteiger partial charge < -0.3 is 10.6 Å². The SMILES string of the molecule is CN(Cc1cnn(C)c1)C(=O)c1sc2nnccc2c1N. The molecule has 0 saturated heterocycles. The van der Waals surface area contributed by atoms with E-state index >= 15 is 0 Å². The fourth-order valence-corrected chi connectivity index (χ4v) is 3.14. The van der Waals surface area contributed by atoms with Crippen molar-refractivity contribution in [1.29, 1.82) is 0 Å². The lowest BCUT2D eigenvalue weighted by Gasteiger charge is -2.15. The number of fused-ring (bicyclic) bond motifs is 1. The first-order valence-electron chi connectivity index (χ1n) is 6.29. The molecule has 0 aliphatic rings. The standard InChI is InChI=1S/C13H14N6OS/c1-18(6-8-5-16-19(2)7-8)13(20)11-10(14)9-3-4-15-17-12(9)21-11/h3-5,7H,6,14H2,1-2H3. The van der Waals surface area contributed by atoms with Crippen LogP contribution in [0, 0.1) is 0 Å². The summed E-state index contributed by atoms with van der Waals surface area (Å²) in [5.74, 6) is -0.126. The third-order valence-electron chi connectivity index (χ3n) is 3.14. The smallest absolute Gasteiger partial charge is 0.266 e. The number of amides is 1. The molecule has 0 bridgehead atoms. The Bertz CT molecular complexity index is 808. The molecule has 3 aromatic heterocycles. The zero-order valence-electron chi connectivity index (χ0n) is 11.6. The third kappa shape index (κ3) is 2.45. The summed E-state index contributed by atoms with van der Waals surface area (Å²) in [6.45, 7) is 0.478. The van der Waals surface area contributed by atoms with E-state index in [1.54, 1.807) is 35.1 Å². The molecule has 2 N–H and O–H groups in total. The number of thiophene rings is 1. The molecule has 1 amide bonds. The van der Waals surface area contributed by atoms with Crippen LogP contribution in [0.4, 0.5) is 5.69 Å². The molecular formula is C13H14N6OS. The quantitative estimate of drug-likeness (QED) is 0.787. The highest BCUT2D eigenvalue weighted by atomic mass is 32.1. The molecule has 0 aliphatic carbocycles. The van der Waals surface area contributed by atoms with Gasteiger partial charge in [-0.25, -0.2) is 0 Å². The summed E-state index contributed by atoms with van der Waals surface area (Å²) >= 11 is 1.27. The third-order valence-corrected chi connectivity index (χ3v) is 4.23. The predicted octanol–water partition coefficient (Wildman–Crippen LogP) is 1.28. The average molecular weight is 302 g/mol. The zero-order valence-corrected chi connectivity index (χ0v) is 12.5. The molecular weight excluding hydrogens is 288 g/mol. The number of carbonyl (C=O) groups excluding carboxylic acids is 1. The van der Waals surface area contributed by atoms with Crippen molar-refractivity contribution in [2.75, 3.05) is 12.8 Å². The second-order valence-electron chi connectivity index (χ2n) is 4.78. The fourth-order valence-electron chi connectivity index (χ4n) is 2.10. The molecule has 0 spiro atoms. The van der Waals surface area contributed by atoms with Gasteiger partial charge in [-0.2, -0.15) is 10.2 Å². The fraction of sp³-hybridized carbons (Fsp3) is 0.231.